The van der Waals surface area contributed by atoms with Crippen LogP contribution in [0.25, 0.3) is 0 Å². The van der Waals surface area contributed by atoms with Gasteiger partial charge in [0.2, 0.25) is 5.91 Å². The van der Waals surface area contributed by atoms with Crippen molar-refractivity contribution in [1.29, 1.82) is 5.41 Å². The van der Waals surface area contributed by atoms with Crippen LogP contribution in [0, 0.1) is 5.41 Å². The van der Waals surface area contributed by atoms with E-state index in [0.29, 0.717) is 30.2 Å². The molecule has 0 aromatic rings. The lowest BCUT2D eigenvalue weighted by Gasteiger charge is -2.20. The summed E-state index contributed by atoms with van der Waals surface area (Å²) < 4.78 is 0. The van der Waals surface area contributed by atoms with Gasteiger partial charge >= 0.3 is 0 Å². The number of nitrogens with zero attached hydrogens (tertiary/aromatic N) is 2. The molecule has 0 bridgehead atoms. The number of rotatable bonds is 8. The smallest absolute Gasteiger partial charge is 0.222 e. The fraction of sp³-hybridized carbons (Fsp3) is 0.438. The van der Waals surface area contributed by atoms with Gasteiger partial charge in [-0.05, 0) is 25.5 Å². The summed E-state index contributed by atoms with van der Waals surface area (Å²) in [5.41, 5.74) is 0.984. The predicted molar refractivity (Wildman–Crippen MR) is 87.7 cm³/mol. The van der Waals surface area contributed by atoms with Crippen LogP contribution in [0.4, 0.5) is 0 Å². The number of hydrogen-bond acceptors (Lipinski definition) is 4. The normalized spacial score (nSPS) is 15.3. The Morgan fingerprint density at radius 3 is 2.71 bits per heavy atom. The van der Waals surface area contributed by atoms with Crippen molar-refractivity contribution in [2.24, 2.45) is 4.99 Å². The van der Waals surface area contributed by atoms with Gasteiger partial charge in [-0.15, -0.1) is 0 Å². The molecule has 21 heavy (non-hydrogen) atoms. The molecule has 0 fully saturated rings. The van der Waals surface area contributed by atoms with Gasteiger partial charge in [-0.25, -0.2) is 4.99 Å². The van der Waals surface area contributed by atoms with Crippen molar-refractivity contribution < 1.29 is 4.79 Å². The Labute approximate surface area is 126 Å². The van der Waals surface area contributed by atoms with Crippen LogP contribution in [0.5, 0.6) is 0 Å². The van der Waals surface area contributed by atoms with Crippen LogP contribution in [-0.4, -0.2) is 41.9 Å². The number of allylic oxidation sites excluding steroid dienone is 4. The highest BCUT2D eigenvalue weighted by molar-refractivity contribution is 6.50. The van der Waals surface area contributed by atoms with E-state index in [1.165, 1.54) is 0 Å². The molecule has 1 aliphatic carbocycles. The van der Waals surface area contributed by atoms with Gasteiger partial charge in [-0.2, -0.15) is 0 Å². The van der Waals surface area contributed by atoms with Crippen LogP contribution >= 0.6 is 0 Å². The first-order chi connectivity index (χ1) is 10.1. The lowest BCUT2D eigenvalue weighted by Crippen LogP contribution is -2.32. The highest BCUT2D eigenvalue weighted by Crippen LogP contribution is 2.00. The first kappa shape index (κ1) is 16.9. The molecule has 0 radical (unpaired) electrons. The Hall–Kier alpha value is -2.17. The molecule has 1 amide bonds. The summed E-state index contributed by atoms with van der Waals surface area (Å²) in [4.78, 5) is 17.7. The lowest BCUT2D eigenvalue weighted by molar-refractivity contribution is -0.130. The molecule has 5 heteroatoms. The second kappa shape index (κ2) is 8.89. The van der Waals surface area contributed by atoms with Gasteiger partial charge in [0, 0.05) is 26.1 Å². The zero-order chi connectivity index (χ0) is 15.7. The van der Waals surface area contributed by atoms with E-state index >= 15 is 0 Å². The topological polar surface area (TPSA) is 68.6 Å². The molecule has 0 atom stereocenters. The number of carbonyl (C=O) groups is 1. The summed E-state index contributed by atoms with van der Waals surface area (Å²) in [6.07, 6.45) is 8.52. The molecule has 2 N–H and O–H groups in total. The molecule has 5 nitrogen and oxygen atoms in total. The monoisotopic (exact) mass is 288 g/mol. The van der Waals surface area contributed by atoms with Crippen molar-refractivity contribution >= 4 is 17.3 Å². The second-order valence-corrected chi connectivity index (χ2v) is 4.68. The molecule has 0 spiro atoms. The van der Waals surface area contributed by atoms with Gasteiger partial charge < -0.3 is 10.2 Å². The molecule has 1 rings (SSSR count). The van der Waals surface area contributed by atoms with Crippen molar-refractivity contribution in [3.05, 3.63) is 36.7 Å². The SMILES string of the molecule is C=C(/N=C1/C=CC=CC1=N)NCCCN(CC)C(=O)CC. The van der Waals surface area contributed by atoms with E-state index in [1.54, 1.807) is 12.2 Å². The summed E-state index contributed by atoms with van der Waals surface area (Å²) >= 11 is 0. The first-order valence-corrected chi connectivity index (χ1v) is 7.31. The minimum Gasteiger partial charge on any atom is -0.370 e. The minimum absolute atomic E-state index is 0.184. The molecule has 0 aromatic heterocycles. The molecule has 114 valence electrons. The number of aliphatic imine (C=N–C) groups is 1. The Bertz CT molecular complexity index is 489. The van der Waals surface area contributed by atoms with E-state index in [9.17, 15) is 4.79 Å². The maximum absolute atomic E-state index is 11.6. The Morgan fingerprint density at radius 2 is 2.10 bits per heavy atom. The van der Waals surface area contributed by atoms with Gasteiger partial charge in [0.25, 0.3) is 0 Å². The van der Waals surface area contributed by atoms with Crippen molar-refractivity contribution in [3.63, 3.8) is 0 Å². The van der Waals surface area contributed by atoms with Gasteiger partial charge in [0.05, 0.1) is 11.4 Å². The van der Waals surface area contributed by atoms with Crippen molar-refractivity contribution in [2.45, 2.75) is 26.7 Å². The summed E-state index contributed by atoms with van der Waals surface area (Å²) in [6.45, 7) is 9.88. The van der Waals surface area contributed by atoms with Crippen molar-refractivity contribution in [2.75, 3.05) is 19.6 Å². The Kier molecular flexibility index (Phi) is 7.15. The first-order valence-electron chi connectivity index (χ1n) is 7.31. The summed E-state index contributed by atoms with van der Waals surface area (Å²) in [5, 5.41) is 10.8. The lowest BCUT2D eigenvalue weighted by atomic mass is 10.1. The van der Waals surface area contributed by atoms with E-state index in [0.717, 1.165) is 19.5 Å². The van der Waals surface area contributed by atoms with Crippen LogP contribution in [-0.2, 0) is 4.79 Å². The van der Waals surface area contributed by atoms with E-state index in [1.807, 2.05) is 30.9 Å². The summed E-state index contributed by atoms with van der Waals surface area (Å²) in [7, 11) is 0. The quantitative estimate of drug-likeness (QED) is 0.531. The van der Waals surface area contributed by atoms with Crippen LogP contribution in [0.2, 0.25) is 0 Å². The molecule has 0 saturated carbocycles. The average Bonchev–Trinajstić information content (AvgIpc) is 2.49. The fourth-order valence-electron chi connectivity index (χ4n) is 1.94. The Morgan fingerprint density at radius 1 is 1.38 bits per heavy atom. The van der Waals surface area contributed by atoms with E-state index < -0.39 is 0 Å². The molecule has 0 heterocycles. The van der Waals surface area contributed by atoms with Crippen LogP contribution in [0.15, 0.2) is 41.7 Å². The molecular weight excluding hydrogens is 264 g/mol. The van der Waals surface area contributed by atoms with Gasteiger partial charge in [-0.3, -0.25) is 10.2 Å². The fourth-order valence-corrected chi connectivity index (χ4v) is 1.94. The van der Waals surface area contributed by atoms with E-state index in [2.05, 4.69) is 16.9 Å². The highest BCUT2D eigenvalue weighted by Gasteiger charge is 2.08. The van der Waals surface area contributed by atoms with Crippen LogP contribution < -0.4 is 5.32 Å². The van der Waals surface area contributed by atoms with Crippen molar-refractivity contribution in [3.8, 4) is 0 Å². The number of carbonyl (C=O) groups excluding carboxylic acids is 1. The van der Waals surface area contributed by atoms with Gasteiger partial charge in [0.1, 0.15) is 5.82 Å². The standard InChI is InChI=1S/C16H24N4O/c1-4-16(21)20(5-2)12-8-11-18-13(3)19-15-10-7-6-9-14(15)17/h6-7,9-10,17-18H,3-5,8,11-12H2,1-2H3/b17-14?,19-15-. The third-order valence-corrected chi connectivity index (χ3v) is 3.13. The van der Waals surface area contributed by atoms with Crippen molar-refractivity contribution in [1.82, 2.24) is 10.2 Å². The zero-order valence-electron chi connectivity index (χ0n) is 12.9. The van der Waals surface area contributed by atoms with Crippen LogP contribution in [0.3, 0.4) is 0 Å². The van der Waals surface area contributed by atoms with E-state index in [4.69, 9.17) is 5.41 Å². The summed E-state index contributed by atoms with van der Waals surface area (Å²) in [6, 6.07) is 0. The number of nitrogens with one attached hydrogen (secondary N) is 2. The maximum Gasteiger partial charge on any atom is 0.222 e. The number of amides is 1. The maximum atomic E-state index is 11.6. The van der Waals surface area contributed by atoms with E-state index in [-0.39, 0.29) is 5.91 Å². The third-order valence-electron chi connectivity index (χ3n) is 3.13. The molecular formula is C16H24N4O. The molecule has 0 unspecified atom stereocenters. The number of hydrogen-bond donors (Lipinski definition) is 2. The third kappa shape index (κ3) is 5.77. The second-order valence-electron chi connectivity index (χ2n) is 4.68. The van der Waals surface area contributed by atoms with Gasteiger partial charge in [0.15, 0.2) is 0 Å². The van der Waals surface area contributed by atoms with Gasteiger partial charge in [-0.1, -0.05) is 25.7 Å². The molecule has 0 aliphatic heterocycles. The Balaban J connectivity index is 2.32. The molecule has 1 aliphatic rings. The zero-order valence-corrected chi connectivity index (χ0v) is 12.9. The predicted octanol–water partition coefficient (Wildman–Crippen LogP) is 2.28. The molecule has 0 aromatic carbocycles. The molecule has 0 saturated heterocycles. The minimum atomic E-state index is 0.184. The largest absolute Gasteiger partial charge is 0.370 e. The summed E-state index contributed by atoms with van der Waals surface area (Å²) in [5.74, 6) is 0.726. The highest BCUT2D eigenvalue weighted by atomic mass is 16.2. The van der Waals surface area contributed by atoms with Crippen LogP contribution in [0.1, 0.15) is 26.7 Å². The average molecular weight is 288 g/mol.